The fraction of sp³-hybridized carbons (Fsp3) is 0.917. The van der Waals surface area contributed by atoms with Crippen LogP contribution in [-0.4, -0.2) is 84.0 Å². The molecule has 184 valence electrons. The van der Waals surface area contributed by atoms with Crippen LogP contribution in [0.4, 0.5) is 0 Å². The molecule has 0 radical (unpaired) electrons. The van der Waals surface area contributed by atoms with Crippen molar-refractivity contribution in [2.24, 2.45) is 11.5 Å². The fourth-order valence-corrected chi connectivity index (χ4v) is 6.23. The zero-order valence-electron chi connectivity index (χ0n) is 20.2. The quantitative estimate of drug-likeness (QED) is 0.506. The summed E-state index contributed by atoms with van der Waals surface area (Å²) in [5.41, 5.74) is 11.3. The number of nitrogens with zero attached hydrogens (tertiary/aromatic N) is 2. The molecule has 4 unspecified atom stereocenters. The van der Waals surface area contributed by atoms with Crippen molar-refractivity contribution in [3.8, 4) is 0 Å². The maximum absolute atomic E-state index is 11.9. The van der Waals surface area contributed by atoms with E-state index >= 15 is 0 Å². The smallest absolute Gasteiger partial charge is 0.231 e. The van der Waals surface area contributed by atoms with Crippen molar-refractivity contribution >= 4 is 11.8 Å². The molecule has 2 amide bonds. The van der Waals surface area contributed by atoms with E-state index in [0.717, 1.165) is 51.6 Å². The van der Waals surface area contributed by atoms with Gasteiger partial charge in [-0.3, -0.25) is 19.4 Å². The van der Waals surface area contributed by atoms with Gasteiger partial charge < -0.3 is 22.1 Å². The average Bonchev–Trinajstić information content (AvgIpc) is 2.74. The number of amides is 2. The number of rotatable bonds is 4. The molecule has 6 N–H and O–H groups in total. The highest BCUT2D eigenvalue weighted by atomic mass is 16.1. The Bertz CT molecular complexity index is 565. The molecule has 3 aliphatic rings. The van der Waals surface area contributed by atoms with Crippen LogP contribution in [0.5, 0.6) is 0 Å². The second-order valence-corrected chi connectivity index (χ2v) is 10.5. The third-order valence-corrected chi connectivity index (χ3v) is 7.81. The predicted octanol–water partition coefficient (Wildman–Crippen LogP) is 0.933. The molecular formula is C24H46N6O2. The van der Waals surface area contributed by atoms with Crippen LogP contribution < -0.4 is 22.1 Å². The maximum atomic E-state index is 11.9. The highest BCUT2D eigenvalue weighted by Gasteiger charge is 2.35. The van der Waals surface area contributed by atoms with Crippen molar-refractivity contribution in [1.29, 1.82) is 0 Å². The number of carbonyl (C=O) groups is 2. The number of fused-ring (bicyclic) bond motifs is 2. The molecule has 1 aliphatic heterocycles. The van der Waals surface area contributed by atoms with Gasteiger partial charge in [-0.2, -0.15) is 0 Å². The third kappa shape index (κ3) is 7.40. The van der Waals surface area contributed by atoms with E-state index in [4.69, 9.17) is 11.5 Å². The largest absolute Gasteiger partial charge is 0.369 e. The normalized spacial score (nSPS) is 36.4. The van der Waals surface area contributed by atoms with Crippen LogP contribution in [-0.2, 0) is 9.59 Å². The number of carbonyl (C=O) groups excluding carboxylic acids is 2. The first-order valence-corrected chi connectivity index (χ1v) is 12.9. The molecule has 0 spiro atoms. The first-order chi connectivity index (χ1) is 15.3. The minimum Gasteiger partial charge on any atom is -0.369 e. The summed E-state index contributed by atoms with van der Waals surface area (Å²) in [6.45, 7) is 6.91. The van der Waals surface area contributed by atoms with Gasteiger partial charge in [0.2, 0.25) is 11.8 Å². The van der Waals surface area contributed by atoms with Crippen LogP contribution in [0.1, 0.15) is 78.1 Å². The predicted molar refractivity (Wildman–Crippen MR) is 128 cm³/mol. The Morgan fingerprint density at radius 1 is 0.688 bits per heavy atom. The molecule has 8 heteroatoms. The summed E-state index contributed by atoms with van der Waals surface area (Å²) in [6.07, 6.45) is 11.3. The summed E-state index contributed by atoms with van der Waals surface area (Å²) in [6, 6.07) is 2.11. The van der Waals surface area contributed by atoms with E-state index in [2.05, 4.69) is 34.3 Å². The van der Waals surface area contributed by atoms with Gasteiger partial charge in [0.1, 0.15) is 0 Å². The summed E-state index contributed by atoms with van der Waals surface area (Å²) < 4.78 is 0. The molecule has 0 aromatic carbocycles. The Kier molecular flexibility index (Phi) is 9.77. The minimum atomic E-state index is -0.237. The SMILES string of the molecule is C[C@@H]1CCN(CC(N)=O)C2CCCCC2N[C@@H](C)CCN(CC(N)=O)C2CCCCC2N1. The lowest BCUT2D eigenvalue weighted by atomic mass is 9.87. The molecule has 0 bridgehead atoms. The molecule has 6 atom stereocenters. The first-order valence-electron chi connectivity index (χ1n) is 12.9. The van der Waals surface area contributed by atoms with Crippen molar-refractivity contribution in [2.75, 3.05) is 26.2 Å². The summed E-state index contributed by atoms with van der Waals surface area (Å²) in [4.78, 5) is 28.4. The lowest BCUT2D eigenvalue weighted by Gasteiger charge is -2.44. The van der Waals surface area contributed by atoms with Crippen LogP contribution in [0.15, 0.2) is 0 Å². The molecule has 2 saturated carbocycles. The van der Waals surface area contributed by atoms with E-state index in [-0.39, 0.29) is 11.8 Å². The molecule has 3 fully saturated rings. The topological polar surface area (TPSA) is 117 Å². The number of hydrogen-bond acceptors (Lipinski definition) is 6. The van der Waals surface area contributed by atoms with Crippen LogP contribution in [0.2, 0.25) is 0 Å². The van der Waals surface area contributed by atoms with Crippen molar-refractivity contribution in [3.63, 3.8) is 0 Å². The standard InChI is InChI=1S/C24H46N6O2/c1-17-11-13-29(15-23(25)31)22-10-6-4-8-20(22)28-18(2)12-14-30(16-24(26)32)21-9-5-3-7-19(21)27-17/h17-22,27-28H,3-16H2,1-2H3,(H2,25,31)(H2,26,32)/t17-,18+,19?,20?,21?,22?. The molecule has 0 aromatic rings. The van der Waals surface area contributed by atoms with Crippen molar-refractivity contribution in [1.82, 2.24) is 20.4 Å². The molecule has 32 heavy (non-hydrogen) atoms. The molecule has 1 saturated heterocycles. The zero-order valence-corrected chi connectivity index (χ0v) is 20.2. The van der Waals surface area contributed by atoms with Crippen molar-refractivity contribution in [2.45, 2.75) is 114 Å². The van der Waals surface area contributed by atoms with Crippen molar-refractivity contribution in [3.05, 3.63) is 0 Å². The van der Waals surface area contributed by atoms with E-state index in [1.54, 1.807) is 0 Å². The summed E-state index contributed by atoms with van der Waals surface area (Å²) >= 11 is 0. The van der Waals surface area contributed by atoms with Gasteiger partial charge in [0.05, 0.1) is 13.1 Å². The second kappa shape index (κ2) is 12.3. The van der Waals surface area contributed by atoms with Crippen LogP contribution >= 0.6 is 0 Å². The molecule has 3 rings (SSSR count). The van der Waals surface area contributed by atoms with Gasteiger partial charge in [-0.15, -0.1) is 0 Å². The number of primary amides is 2. The Morgan fingerprint density at radius 3 is 1.44 bits per heavy atom. The lowest BCUT2D eigenvalue weighted by molar-refractivity contribution is -0.121. The average molecular weight is 451 g/mol. The highest BCUT2D eigenvalue weighted by molar-refractivity contribution is 5.76. The molecule has 1 heterocycles. The monoisotopic (exact) mass is 450 g/mol. The zero-order chi connectivity index (χ0) is 23.1. The van der Waals surface area contributed by atoms with Gasteiger partial charge in [-0.25, -0.2) is 0 Å². The molecule has 0 aromatic heterocycles. The second-order valence-electron chi connectivity index (χ2n) is 10.5. The lowest BCUT2D eigenvalue weighted by Crippen LogP contribution is -2.59. The van der Waals surface area contributed by atoms with Gasteiger partial charge >= 0.3 is 0 Å². The Hall–Kier alpha value is -1.22. The van der Waals surface area contributed by atoms with Crippen LogP contribution in [0, 0.1) is 0 Å². The van der Waals surface area contributed by atoms with Gasteiger partial charge in [0, 0.05) is 49.3 Å². The van der Waals surface area contributed by atoms with Crippen LogP contribution in [0.25, 0.3) is 0 Å². The van der Waals surface area contributed by atoms with Crippen LogP contribution in [0.3, 0.4) is 0 Å². The first kappa shape index (κ1) is 25.4. The number of nitrogens with one attached hydrogen (secondary N) is 2. The van der Waals surface area contributed by atoms with E-state index in [1.165, 1.54) is 25.7 Å². The van der Waals surface area contributed by atoms with Gasteiger partial charge in [0.25, 0.3) is 0 Å². The van der Waals surface area contributed by atoms with E-state index in [9.17, 15) is 9.59 Å². The molecule has 8 nitrogen and oxygen atoms in total. The fourth-order valence-electron chi connectivity index (χ4n) is 6.23. The summed E-state index contributed by atoms with van der Waals surface area (Å²) in [5.74, 6) is -0.475. The summed E-state index contributed by atoms with van der Waals surface area (Å²) in [5, 5.41) is 7.76. The van der Waals surface area contributed by atoms with Gasteiger partial charge in [0.15, 0.2) is 0 Å². The molecule has 2 aliphatic carbocycles. The van der Waals surface area contributed by atoms with E-state index in [0.29, 0.717) is 49.3 Å². The van der Waals surface area contributed by atoms with E-state index < -0.39 is 0 Å². The minimum absolute atomic E-state index is 0.237. The summed E-state index contributed by atoms with van der Waals surface area (Å²) in [7, 11) is 0. The number of nitrogens with two attached hydrogens (primary N) is 2. The third-order valence-electron chi connectivity index (χ3n) is 7.81. The van der Waals surface area contributed by atoms with Crippen molar-refractivity contribution < 1.29 is 9.59 Å². The Labute approximate surface area is 194 Å². The highest BCUT2D eigenvalue weighted by Crippen LogP contribution is 2.27. The van der Waals surface area contributed by atoms with Gasteiger partial charge in [-0.05, 0) is 52.4 Å². The Morgan fingerprint density at radius 2 is 1.06 bits per heavy atom. The van der Waals surface area contributed by atoms with Gasteiger partial charge in [-0.1, -0.05) is 25.7 Å². The Balaban J connectivity index is 1.80. The maximum Gasteiger partial charge on any atom is 0.231 e. The number of hydrogen-bond donors (Lipinski definition) is 4. The van der Waals surface area contributed by atoms with E-state index in [1.807, 2.05) is 0 Å². The molecular weight excluding hydrogens is 404 g/mol.